The zero-order valence-electron chi connectivity index (χ0n) is 18.4. The summed E-state index contributed by atoms with van der Waals surface area (Å²) in [6.07, 6.45) is 3.88. The van der Waals surface area contributed by atoms with Crippen molar-refractivity contribution in [1.29, 1.82) is 0 Å². The number of hydrogen-bond acceptors (Lipinski definition) is 4. The van der Waals surface area contributed by atoms with E-state index in [2.05, 4.69) is 52.3 Å². The van der Waals surface area contributed by atoms with Crippen LogP contribution in [0.1, 0.15) is 47.3 Å². The van der Waals surface area contributed by atoms with Gasteiger partial charge in [-0.05, 0) is 56.5 Å². The number of aromatic nitrogens is 3. The number of likely N-dealkylation sites (tertiary alicyclic amines) is 1. The van der Waals surface area contributed by atoms with Crippen LogP contribution in [0.4, 0.5) is 0 Å². The summed E-state index contributed by atoms with van der Waals surface area (Å²) >= 11 is 0. The molecule has 1 fully saturated rings. The summed E-state index contributed by atoms with van der Waals surface area (Å²) in [4.78, 5) is 20.0. The van der Waals surface area contributed by atoms with Gasteiger partial charge in [-0.25, -0.2) is 9.67 Å². The van der Waals surface area contributed by atoms with Crippen molar-refractivity contribution in [1.82, 2.24) is 25.0 Å². The fourth-order valence-electron chi connectivity index (χ4n) is 4.33. The van der Waals surface area contributed by atoms with Gasteiger partial charge in [0.15, 0.2) is 0 Å². The number of likely N-dealkylation sites (N-methyl/N-ethyl adjacent to an activating group) is 1. The van der Waals surface area contributed by atoms with Crippen LogP contribution in [0.5, 0.6) is 0 Å². The molecule has 1 saturated heterocycles. The summed E-state index contributed by atoms with van der Waals surface area (Å²) in [5, 5.41) is 7.68. The first kappa shape index (κ1) is 21.2. The monoisotopic (exact) mass is 417 g/mol. The Morgan fingerprint density at radius 3 is 2.65 bits per heavy atom. The lowest BCUT2D eigenvalue weighted by atomic mass is 10.1. The summed E-state index contributed by atoms with van der Waals surface area (Å²) in [7, 11) is 0. The van der Waals surface area contributed by atoms with Gasteiger partial charge in [0.05, 0.1) is 5.69 Å². The zero-order valence-corrected chi connectivity index (χ0v) is 18.4. The Kier molecular flexibility index (Phi) is 6.77. The van der Waals surface area contributed by atoms with E-state index in [-0.39, 0.29) is 11.7 Å². The van der Waals surface area contributed by atoms with E-state index in [1.165, 1.54) is 12.0 Å². The molecule has 0 aliphatic carbocycles. The lowest BCUT2D eigenvalue weighted by Gasteiger charge is -2.22. The average Bonchev–Trinajstić information content (AvgIpc) is 3.44. The van der Waals surface area contributed by atoms with Gasteiger partial charge in [0.1, 0.15) is 5.82 Å². The molecule has 1 aliphatic heterocycles. The molecule has 3 aromatic rings. The van der Waals surface area contributed by atoms with Crippen molar-refractivity contribution >= 4 is 5.91 Å². The van der Waals surface area contributed by atoms with Crippen LogP contribution in [0.3, 0.4) is 0 Å². The highest BCUT2D eigenvalue weighted by atomic mass is 16.2. The van der Waals surface area contributed by atoms with Gasteiger partial charge in [0, 0.05) is 19.0 Å². The van der Waals surface area contributed by atoms with E-state index in [1.807, 2.05) is 41.1 Å². The minimum atomic E-state index is -0.198. The van der Waals surface area contributed by atoms with Crippen LogP contribution in [0.2, 0.25) is 0 Å². The van der Waals surface area contributed by atoms with E-state index in [0.717, 1.165) is 43.0 Å². The molecule has 0 saturated carbocycles. The number of amides is 1. The van der Waals surface area contributed by atoms with Crippen LogP contribution in [0.15, 0.2) is 54.6 Å². The molecule has 4 rings (SSSR count). The minimum absolute atomic E-state index is 0.198. The molecule has 0 bridgehead atoms. The van der Waals surface area contributed by atoms with Crippen molar-refractivity contribution in [3.05, 3.63) is 77.4 Å². The average molecular weight is 418 g/mol. The summed E-state index contributed by atoms with van der Waals surface area (Å²) < 4.78 is 1.83. The van der Waals surface area contributed by atoms with E-state index in [0.29, 0.717) is 19.0 Å². The quantitative estimate of drug-likeness (QED) is 0.609. The third kappa shape index (κ3) is 5.02. The van der Waals surface area contributed by atoms with Crippen LogP contribution in [-0.2, 0) is 12.8 Å². The summed E-state index contributed by atoms with van der Waals surface area (Å²) in [6, 6.07) is 18.8. The van der Waals surface area contributed by atoms with Crippen molar-refractivity contribution in [2.75, 3.05) is 19.6 Å². The normalized spacial score (nSPS) is 16.5. The summed E-state index contributed by atoms with van der Waals surface area (Å²) in [6.45, 7) is 7.00. The van der Waals surface area contributed by atoms with Gasteiger partial charge in [-0.15, -0.1) is 5.10 Å². The van der Waals surface area contributed by atoms with Crippen LogP contribution < -0.4 is 5.32 Å². The lowest BCUT2D eigenvalue weighted by molar-refractivity contribution is 0.0931. The second-order valence-corrected chi connectivity index (χ2v) is 8.17. The highest BCUT2D eigenvalue weighted by Gasteiger charge is 2.25. The Morgan fingerprint density at radius 1 is 1.10 bits per heavy atom. The maximum Gasteiger partial charge on any atom is 0.291 e. The topological polar surface area (TPSA) is 63.1 Å². The van der Waals surface area contributed by atoms with E-state index in [4.69, 9.17) is 0 Å². The minimum Gasteiger partial charge on any atom is -0.348 e. The van der Waals surface area contributed by atoms with Crippen molar-refractivity contribution in [3.8, 4) is 5.69 Å². The second kappa shape index (κ2) is 9.88. The molecule has 6 heteroatoms. The second-order valence-electron chi connectivity index (χ2n) is 8.17. The fraction of sp³-hybridized carbons (Fsp3) is 0.400. The van der Waals surface area contributed by atoms with E-state index in [9.17, 15) is 4.79 Å². The molecule has 2 aromatic carbocycles. The number of carbonyl (C=O) groups is 1. The Labute approximate surface area is 184 Å². The zero-order chi connectivity index (χ0) is 21.6. The number of aryl methyl sites for hydroxylation is 3. The van der Waals surface area contributed by atoms with E-state index in [1.54, 1.807) is 0 Å². The molecule has 1 aromatic heterocycles. The number of carbonyl (C=O) groups excluding carboxylic acids is 1. The molecule has 2 heterocycles. The first-order chi connectivity index (χ1) is 15.2. The molecule has 162 valence electrons. The van der Waals surface area contributed by atoms with Crippen molar-refractivity contribution in [2.45, 2.75) is 45.6 Å². The van der Waals surface area contributed by atoms with Gasteiger partial charge in [-0.2, -0.15) is 0 Å². The van der Waals surface area contributed by atoms with Crippen LogP contribution in [-0.4, -0.2) is 51.2 Å². The molecule has 1 N–H and O–H groups in total. The largest absolute Gasteiger partial charge is 0.348 e. The SMILES string of the molecule is CCN1CCCC1CNC(=O)c1nc(CCc2ccccc2)n(-c2ccccc2C)n1. The first-order valence-corrected chi connectivity index (χ1v) is 11.2. The lowest BCUT2D eigenvalue weighted by Crippen LogP contribution is -2.40. The van der Waals surface area contributed by atoms with Crippen molar-refractivity contribution < 1.29 is 4.79 Å². The van der Waals surface area contributed by atoms with Gasteiger partial charge in [-0.1, -0.05) is 55.5 Å². The predicted molar refractivity (Wildman–Crippen MR) is 123 cm³/mol. The molecular formula is C25H31N5O. The molecule has 6 nitrogen and oxygen atoms in total. The fourth-order valence-corrected chi connectivity index (χ4v) is 4.33. The molecular weight excluding hydrogens is 386 g/mol. The molecule has 0 radical (unpaired) electrons. The highest BCUT2D eigenvalue weighted by molar-refractivity contribution is 5.90. The molecule has 1 amide bonds. The Hall–Kier alpha value is -2.99. The third-order valence-corrected chi connectivity index (χ3v) is 6.10. The summed E-state index contributed by atoms with van der Waals surface area (Å²) in [5.74, 6) is 0.850. The van der Waals surface area contributed by atoms with Crippen LogP contribution >= 0.6 is 0 Å². The Bertz CT molecular complexity index is 1010. The molecule has 1 aliphatic rings. The maximum atomic E-state index is 12.9. The third-order valence-electron chi connectivity index (χ3n) is 6.10. The van der Waals surface area contributed by atoms with E-state index < -0.39 is 0 Å². The maximum absolute atomic E-state index is 12.9. The Balaban J connectivity index is 1.53. The van der Waals surface area contributed by atoms with Gasteiger partial charge in [-0.3, -0.25) is 9.69 Å². The molecule has 1 atom stereocenters. The van der Waals surface area contributed by atoms with Crippen molar-refractivity contribution in [3.63, 3.8) is 0 Å². The number of nitrogens with one attached hydrogen (secondary N) is 1. The molecule has 31 heavy (non-hydrogen) atoms. The van der Waals surface area contributed by atoms with Crippen LogP contribution in [0, 0.1) is 6.92 Å². The number of hydrogen-bond donors (Lipinski definition) is 1. The van der Waals surface area contributed by atoms with Gasteiger partial charge >= 0.3 is 0 Å². The van der Waals surface area contributed by atoms with Gasteiger partial charge in [0.2, 0.25) is 5.82 Å². The molecule has 0 spiro atoms. The van der Waals surface area contributed by atoms with Crippen LogP contribution in [0.25, 0.3) is 5.69 Å². The standard InChI is InChI=1S/C25H31N5O/c1-3-29-17-9-13-21(29)18-26-25(31)24-27-23(16-15-20-11-5-4-6-12-20)30(28-24)22-14-8-7-10-19(22)2/h4-8,10-12,14,21H,3,9,13,15-18H2,1-2H3,(H,26,31). The van der Waals surface area contributed by atoms with E-state index >= 15 is 0 Å². The Morgan fingerprint density at radius 2 is 1.87 bits per heavy atom. The summed E-state index contributed by atoms with van der Waals surface area (Å²) in [5.41, 5.74) is 3.31. The van der Waals surface area contributed by atoms with Gasteiger partial charge in [0.25, 0.3) is 5.91 Å². The smallest absolute Gasteiger partial charge is 0.291 e. The number of nitrogens with zero attached hydrogens (tertiary/aromatic N) is 4. The molecule has 1 unspecified atom stereocenters. The van der Waals surface area contributed by atoms with Gasteiger partial charge < -0.3 is 5.32 Å². The van der Waals surface area contributed by atoms with Crippen molar-refractivity contribution in [2.24, 2.45) is 0 Å². The number of rotatable bonds is 8. The first-order valence-electron chi connectivity index (χ1n) is 11.2. The number of benzene rings is 2. The predicted octanol–water partition coefficient (Wildman–Crippen LogP) is 3.58. The highest BCUT2D eigenvalue weighted by Crippen LogP contribution is 2.18. The number of para-hydroxylation sites is 1.